The Morgan fingerprint density at radius 2 is 1.65 bits per heavy atom. The number of benzene rings is 2. The summed E-state index contributed by atoms with van der Waals surface area (Å²) >= 11 is 0. The summed E-state index contributed by atoms with van der Waals surface area (Å²) in [6.45, 7) is 0. The van der Waals surface area contributed by atoms with E-state index in [1.165, 1.54) is 17.0 Å². The third-order valence-electron chi connectivity index (χ3n) is 3.19. The lowest BCUT2D eigenvalue weighted by Gasteiger charge is -2.18. The van der Waals surface area contributed by atoms with Crippen LogP contribution in [0.4, 0.5) is 29.3 Å². The minimum atomic E-state index is -4.40. The molecule has 2 rings (SSSR count). The molecule has 1 N–H and O–H groups in total. The van der Waals surface area contributed by atoms with E-state index in [-0.39, 0.29) is 5.69 Å². The van der Waals surface area contributed by atoms with Crippen molar-refractivity contribution in [1.29, 1.82) is 0 Å². The Kier molecular flexibility index (Phi) is 4.60. The molecule has 0 saturated carbocycles. The van der Waals surface area contributed by atoms with Crippen molar-refractivity contribution in [1.82, 2.24) is 0 Å². The summed E-state index contributed by atoms with van der Waals surface area (Å²) in [6, 6.07) is 10.5. The first-order valence-electron chi connectivity index (χ1n) is 6.60. The average Bonchev–Trinajstić information content (AvgIpc) is 2.54. The number of rotatable bonds is 2. The molecule has 0 atom stereocenters. The Hall–Kier alpha value is -2.94. The van der Waals surface area contributed by atoms with Crippen LogP contribution in [0.3, 0.4) is 0 Å². The number of anilines is 2. The van der Waals surface area contributed by atoms with Crippen LogP contribution in [0.5, 0.6) is 0 Å². The number of amides is 2. The summed E-state index contributed by atoms with van der Waals surface area (Å²) in [4.78, 5) is 13.4. The first kappa shape index (κ1) is 16.4. The number of nitrogens with zero attached hydrogens (tertiary/aromatic N) is 1. The summed E-state index contributed by atoms with van der Waals surface area (Å²) in [6.07, 6.45) is 0.853. The van der Waals surface area contributed by atoms with Crippen LogP contribution >= 0.6 is 0 Å². The standard InChI is InChI=1S/C17H13F3N2O/c1-3-12-4-10-15(11-5-12)22(2)16(23)21-14-8-6-13(7-9-14)17(18,19)20/h1,4-11H,2H3,(H,21,23). The van der Waals surface area contributed by atoms with Gasteiger partial charge in [0.2, 0.25) is 0 Å². The first-order valence-corrected chi connectivity index (χ1v) is 6.60. The predicted molar refractivity (Wildman–Crippen MR) is 83.2 cm³/mol. The molecule has 0 heterocycles. The SMILES string of the molecule is C#Cc1ccc(N(C)C(=O)Nc2ccc(C(F)(F)F)cc2)cc1. The quantitative estimate of drug-likeness (QED) is 0.820. The number of nitrogens with one attached hydrogen (secondary N) is 1. The number of hydrogen-bond donors (Lipinski definition) is 1. The molecule has 2 aromatic carbocycles. The molecule has 6 heteroatoms. The molecular formula is C17H13F3N2O. The van der Waals surface area contributed by atoms with Crippen molar-refractivity contribution in [2.24, 2.45) is 0 Å². The van der Waals surface area contributed by atoms with Crippen LogP contribution in [-0.4, -0.2) is 13.1 Å². The van der Waals surface area contributed by atoms with E-state index in [0.29, 0.717) is 11.3 Å². The van der Waals surface area contributed by atoms with Gasteiger partial charge in [0.05, 0.1) is 5.56 Å². The molecule has 23 heavy (non-hydrogen) atoms. The maximum Gasteiger partial charge on any atom is 0.416 e. The molecular weight excluding hydrogens is 305 g/mol. The molecule has 0 aliphatic carbocycles. The highest BCUT2D eigenvalue weighted by Crippen LogP contribution is 2.29. The van der Waals surface area contributed by atoms with Gasteiger partial charge in [-0.15, -0.1) is 6.42 Å². The van der Waals surface area contributed by atoms with Crippen molar-refractivity contribution < 1.29 is 18.0 Å². The fraction of sp³-hybridized carbons (Fsp3) is 0.118. The van der Waals surface area contributed by atoms with Crippen molar-refractivity contribution in [2.75, 3.05) is 17.3 Å². The number of carbonyl (C=O) groups is 1. The minimum Gasteiger partial charge on any atom is -0.308 e. The van der Waals surface area contributed by atoms with Crippen molar-refractivity contribution in [3.05, 3.63) is 59.7 Å². The molecule has 2 aromatic rings. The lowest BCUT2D eigenvalue weighted by Crippen LogP contribution is -2.31. The Morgan fingerprint density at radius 3 is 2.13 bits per heavy atom. The van der Waals surface area contributed by atoms with Crippen LogP contribution in [0.15, 0.2) is 48.5 Å². The van der Waals surface area contributed by atoms with E-state index < -0.39 is 17.8 Å². The molecule has 2 amide bonds. The van der Waals surface area contributed by atoms with Gasteiger partial charge in [0.25, 0.3) is 0 Å². The third-order valence-corrected chi connectivity index (χ3v) is 3.19. The van der Waals surface area contributed by atoms with Crippen LogP contribution in [0.25, 0.3) is 0 Å². The van der Waals surface area contributed by atoms with Crippen LogP contribution in [-0.2, 0) is 6.18 Å². The zero-order valence-electron chi connectivity index (χ0n) is 12.2. The van der Waals surface area contributed by atoms with Crippen molar-refractivity contribution in [2.45, 2.75) is 6.18 Å². The Balaban J connectivity index is 2.07. The van der Waals surface area contributed by atoms with E-state index in [0.717, 1.165) is 12.1 Å². The molecule has 0 saturated heterocycles. The zero-order valence-corrected chi connectivity index (χ0v) is 12.2. The van der Waals surface area contributed by atoms with Gasteiger partial charge in [0.1, 0.15) is 0 Å². The number of hydrogen-bond acceptors (Lipinski definition) is 1. The molecule has 0 aliphatic heterocycles. The Morgan fingerprint density at radius 1 is 1.09 bits per heavy atom. The van der Waals surface area contributed by atoms with Gasteiger partial charge in [0.15, 0.2) is 0 Å². The number of terminal acetylenes is 1. The number of alkyl halides is 3. The van der Waals surface area contributed by atoms with Gasteiger partial charge >= 0.3 is 12.2 Å². The van der Waals surface area contributed by atoms with E-state index in [9.17, 15) is 18.0 Å². The molecule has 0 spiro atoms. The van der Waals surface area contributed by atoms with Gasteiger partial charge in [-0.2, -0.15) is 13.2 Å². The Labute approximate surface area is 131 Å². The van der Waals surface area contributed by atoms with Crippen molar-refractivity contribution >= 4 is 17.4 Å². The Bertz CT molecular complexity index is 728. The molecule has 118 valence electrons. The van der Waals surface area contributed by atoms with E-state index in [2.05, 4.69) is 11.2 Å². The van der Waals surface area contributed by atoms with Crippen LogP contribution in [0.2, 0.25) is 0 Å². The second kappa shape index (κ2) is 6.44. The van der Waals surface area contributed by atoms with E-state index >= 15 is 0 Å². The smallest absolute Gasteiger partial charge is 0.308 e. The van der Waals surface area contributed by atoms with Gasteiger partial charge in [-0.05, 0) is 48.5 Å². The predicted octanol–water partition coefficient (Wildman–Crippen LogP) is 4.36. The average molecular weight is 318 g/mol. The molecule has 0 radical (unpaired) electrons. The number of urea groups is 1. The molecule has 0 aromatic heterocycles. The maximum atomic E-state index is 12.5. The lowest BCUT2D eigenvalue weighted by molar-refractivity contribution is -0.137. The molecule has 0 bridgehead atoms. The monoisotopic (exact) mass is 318 g/mol. The van der Waals surface area contributed by atoms with E-state index in [1.807, 2.05) is 0 Å². The number of halogens is 3. The highest BCUT2D eigenvalue weighted by molar-refractivity contribution is 6.01. The summed E-state index contributed by atoms with van der Waals surface area (Å²) in [5.41, 5.74) is 0.794. The minimum absolute atomic E-state index is 0.273. The van der Waals surface area contributed by atoms with Gasteiger partial charge in [-0.1, -0.05) is 5.92 Å². The molecule has 0 unspecified atom stereocenters. The second-order valence-corrected chi connectivity index (χ2v) is 4.76. The lowest BCUT2D eigenvalue weighted by atomic mass is 10.2. The molecule has 0 aliphatic rings. The first-order chi connectivity index (χ1) is 10.8. The largest absolute Gasteiger partial charge is 0.416 e. The van der Waals surface area contributed by atoms with Gasteiger partial charge in [-0.25, -0.2) is 4.79 Å². The van der Waals surface area contributed by atoms with Gasteiger partial charge < -0.3 is 5.32 Å². The van der Waals surface area contributed by atoms with Crippen molar-refractivity contribution in [3.8, 4) is 12.3 Å². The van der Waals surface area contributed by atoms with E-state index in [4.69, 9.17) is 6.42 Å². The molecule has 3 nitrogen and oxygen atoms in total. The van der Waals surface area contributed by atoms with Crippen molar-refractivity contribution in [3.63, 3.8) is 0 Å². The summed E-state index contributed by atoms with van der Waals surface area (Å²) in [5, 5.41) is 2.53. The third kappa shape index (κ3) is 4.04. The van der Waals surface area contributed by atoms with Gasteiger partial charge in [-0.3, -0.25) is 4.90 Å². The fourth-order valence-corrected chi connectivity index (χ4v) is 1.85. The molecule has 0 fully saturated rings. The van der Waals surface area contributed by atoms with E-state index in [1.54, 1.807) is 31.3 Å². The summed E-state index contributed by atoms with van der Waals surface area (Å²) in [5.74, 6) is 2.47. The fourth-order valence-electron chi connectivity index (χ4n) is 1.85. The second-order valence-electron chi connectivity index (χ2n) is 4.76. The topological polar surface area (TPSA) is 32.3 Å². The normalized spacial score (nSPS) is 10.7. The van der Waals surface area contributed by atoms with Gasteiger partial charge in [0, 0.05) is 24.0 Å². The highest BCUT2D eigenvalue weighted by atomic mass is 19.4. The highest BCUT2D eigenvalue weighted by Gasteiger charge is 2.30. The van der Waals surface area contributed by atoms with Crippen LogP contribution in [0, 0.1) is 12.3 Å². The van der Waals surface area contributed by atoms with Crippen LogP contribution in [0.1, 0.15) is 11.1 Å². The maximum absolute atomic E-state index is 12.5. The summed E-state index contributed by atoms with van der Waals surface area (Å²) < 4.78 is 37.5. The van der Waals surface area contributed by atoms with Crippen LogP contribution < -0.4 is 10.2 Å². The number of carbonyl (C=O) groups excluding carboxylic acids is 1. The summed E-state index contributed by atoms with van der Waals surface area (Å²) in [7, 11) is 1.55. The zero-order chi connectivity index (χ0) is 17.0.